The molecule has 13 nitrogen and oxygen atoms in total. The molecule has 2 aliphatic heterocycles. The summed E-state index contributed by atoms with van der Waals surface area (Å²) < 4.78 is 31.6. The highest BCUT2D eigenvalue weighted by Gasteiger charge is 2.38. The van der Waals surface area contributed by atoms with Crippen LogP contribution in [0.3, 0.4) is 0 Å². The second-order valence-electron chi connectivity index (χ2n) is 16.3. The minimum Gasteiger partial charge on any atom is -0.352 e. The minimum atomic E-state index is -0.721. The third-order valence-electron chi connectivity index (χ3n) is 12.0. The van der Waals surface area contributed by atoms with Crippen molar-refractivity contribution < 1.29 is 28.0 Å². The standard InChI is InChI=1S/C43H59F2N9O4/c1-8-11-33(50-40(55)25(4)46-6)42(57)52-18-9-12-29(52)22-32-31-16-14-27(44)20-34(31)48-38(32)39-49-35-21-28(45)15-17-36(35)54(39)23-30-13-10-19-53(30)43(58)37(24(2)3)51-41(56)26(5)47-7/h14-17,20-21,24-26,29-30,33,37,46-48H,8-13,18-19,22-23H2,1-7H3,(H,50,55)(H,51,56)/t25-,26-,29-,30-,33-,37-/m0/s1. The average Bonchev–Trinajstić information content (AvgIpc) is 4.01. The Kier molecular flexibility index (Phi) is 13.5. The van der Waals surface area contributed by atoms with E-state index in [2.05, 4.69) is 26.3 Å². The van der Waals surface area contributed by atoms with Gasteiger partial charge in [-0.15, -0.1) is 0 Å². The molecule has 0 radical (unpaired) electrons. The molecule has 2 aliphatic rings. The number of nitrogens with one attached hydrogen (secondary N) is 5. The Balaban J connectivity index is 1.38. The fraction of sp³-hybridized carbons (Fsp3) is 0.558. The number of imidazole rings is 1. The van der Waals surface area contributed by atoms with Gasteiger partial charge in [-0.05, 0) is 108 Å². The van der Waals surface area contributed by atoms with E-state index in [1.807, 2.05) is 35.1 Å². The maximum Gasteiger partial charge on any atom is 0.245 e. The molecule has 314 valence electrons. The van der Waals surface area contributed by atoms with E-state index in [4.69, 9.17) is 4.98 Å². The van der Waals surface area contributed by atoms with Crippen LogP contribution >= 0.6 is 0 Å². The predicted octanol–water partition coefficient (Wildman–Crippen LogP) is 4.63. The number of nitrogens with zero attached hydrogens (tertiary/aromatic N) is 4. The highest BCUT2D eigenvalue weighted by Crippen LogP contribution is 2.37. The third-order valence-corrected chi connectivity index (χ3v) is 12.0. The Bertz CT molecular complexity index is 2130. The number of carbonyl (C=O) groups is 4. The van der Waals surface area contributed by atoms with Gasteiger partial charge in [-0.1, -0.05) is 27.2 Å². The van der Waals surface area contributed by atoms with Crippen molar-refractivity contribution in [3.63, 3.8) is 0 Å². The number of fused-ring (bicyclic) bond motifs is 2. The van der Waals surface area contributed by atoms with Crippen LogP contribution in [0.15, 0.2) is 36.4 Å². The van der Waals surface area contributed by atoms with Crippen LogP contribution < -0.4 is 21.3 Å². The number of amides is 4. The minimum absolute atomic E-state index is 0.126. The van der Waals surface area contributed by atoms with Gasteiger partial charge in [0.15, 0.2) is 5.82 Å². The first-order chi connectivity index (χ1) is 27.8. The molecule has 6 rings (SSSR count). The van der Waals surface area contributed by atoms with Crippen molar-refractivity contribution in [1.29, 1.82) is 0 Å². The van der Waals surface area contributed by atoms with Crippen LogP contribution in [0.4, 0.5) is 8.78 Å². The van der Waals surface area contributed by atoms with Gasteiger partial charge in [0.05, 0.1) is 28.8 Å². The summed E-state index contributed by atoms with van der Waals surface area (Å²) in [6, 6.07) is 6.28. The summed E-state index contributed by atoms with van der Waals surface area (Å²) in [5.74, 6) is -1.27. The van der Waals surface area contributed by atoms with Crippen molar-refractivity contribution in [3.05, 3.63) is 53.6 Å². The van der Waals surface area contributed by atoms with Gasteiger partial charge in [-0.2, -0.15) is 0 Å². The first kappa shape index (κ1) is 42.7. The lowest BCUT2D eigenvalue weighted by Crippen LogP contribution is -2.55. The van der Waals surface area contributed by atoms with Crippen LogP contribution in [0.2, 0.25) is 0 Å². The molecular weight excluding hydrogens is 745 g/mol. The summed E-state index contributed by atoms with van der Waals surface area (Å²) in [6.45, 7) is 10.7. The monoisotopic (exact) mass is 803 g/mol. The molecule has 4 aromatic rings. The zero-order valence-corrected chi connectivity index (χ0v) is 34.8. The van der Waals surface area contributed by atoms with E-state index >= 15 is 0 Å². The van der Waals surface area contributed by atoms with E-state index in [1.54, 1.807) is 40.1 Å². The molecule has 5 N–H and O–H groups in total. The normalized spacial score (nSPS) is 19.2. The number of likely N-dealkylation sites (N-methyl/N-ethyl adjacent to an activating group) is 2. The largest absolute Gasteiger partial charge is 0.352 e. The number of likely N-dealkylation sites (tertiary alicyclic amines) is 2. The molecule has 0 bridgehead atoms. The Hall–Kier alpha value is -4.89. The zero-order chi connectivity index (χ0) is 41.8. The number of aromatic nitrogens is 3. The van der Waals surface area contributed by atoms with Crippen LogP contribution in [0.1, 0.15) is 78.7 Å². The fourth-order valence-electron chi connectivity index (χ4n) is 8.48. The van der Waals surface area contributed by atoms with Gasteiger partial charge in [0.1, 0.15) is 23.7 Å². The van der Waals surface area contributed by atoms with Gasteiger partial charge in [0.25, 0.3) is 0 Å². The molecule has 0 unspecified atom stereocenters. The lowest BCUT2D eigenvalue weighted by atomic mass is 9.99. The van der Waals surface area contributed by atoms with Gasteiger partial charge < -0.3 is 40.6 Å². The Morgan fingerprint density at radius 1 is 0.845 bits per heavy atom. The molecule has 15 heteroatoms. The van der Waals surface area contributed by atoms with Gasteiger partial charge in [0.2, 0.25) is 23.6 Å². The lowest BCUT2D eigenvalue weighted by Gasteiger charge is -2.32. The van der Waals surface area contributed by atoms with E-state index in [0.717, 1.165) is 30.2 Å². The SMILES string of the molecule is CCC[C@H](NC(=O)[C@H](C)NC)C(=O)N1CCC[C@H]1Cc1c(-c2nc3cc(F)ccc3n2C[C@@H]2CCCN2C(=O)[C@@H](NC(=O)[C@H](C)NC)C(C)C)[nH]c2cc(F)ccc12. The number of H-pyrrole nitrogens is 1. The molecule has 58 heavy (non-hydrogen) atoms. The fourth-order valence-corrected chi connectivity index (χ4v) is 8.48. The van der Waals surface area contributed by atoms with Gasteiger partial charge in [0, 0.05) is 48.7 Å². The average molecular weight is 804 g/mol. The topological polar surface area (TPSA) is 156 Å². The highest BCUT2D eigenvalue weighted by atomic mass is 19.1. The maximum absolute atomic E-state index is 14.8. The summed E-state index contributed by atoms with van der Waals surface area (Å²) in [4.78, 5) is 66.4. The van der Waals surface area contributed by atoms with Crippen molar-refractivity contribution in [2.75, 3.05) is 27.2 Å². The van der Waals surface area contributed by atoms with Gasteiger partial charge >= 0.3 is 0 Å². The Morgan fingerprint density at radius 2 is 1.47 bits per heavy atom. The van der Waals surface area contributed by atoms with Crippen molar-refractivity contribution in [2.24, 2.45) is 5.92 Å². The molecule has 0 aliphatic carbocycles. The first-order valence-corrected chi connectivity index (χ1v) is 20.8. The smallest absolute Gasteiger partial charge is 0.245 e. The van der Waals surface area contributed by atoms with E-state index in [0.29, 0.717) is 73.4 Å². The van der Waals surface area contributed by atoms with Crippen LogP contribution in [0, 0.1) is 17.6 Å². The lowest BCUT2D eigenvalue weighted by molar-refractivity contribution is -0.139. The number of halogens is 2. The molecule has 2 fully saturated rings. The van der Waals surface area contributed by atoms with E-state index < -0.39 is 35.8 Å². The summed E-state index contributed by atoms with van der Waals surface area (Å²) >= 11 is 0. The van der Waals surface area contributed by atoms with Crippen molar-refractivity contribution in [2.45, 2.75) is 122 Å². The van der Waals surface area contributed by atoms with Crippen molar-refractivity contribution in [1.82, 2.24) is 45.6 Å². The number of hydrogen-bond donors (Lipinski definition) is 5. The maximum atomic E-state index is 14.8. The van der Waals surface area contributed by atoms with E-state index in [1.165, 1.54) is 24.3 Å². The molecule has 6 atom stereocenters. The number of hydrogen-bond acceptors (Lipinski definition) is 7. The van der Waals surface area contributed by atoms with Crippen molar-refractivity contribution in [3.8, 4) is 11.5 Å². The second-order valence-corrected chi connectivity index (χ2v) is 16.3. The molecular formula is C43H59F2N9O4. The third kappa shape index (κ3) is 8.90. The molecule has 4 heterocycles. The van der Waals surface area contributed by atoms with Crippen molar-refractivity contribution >= 4 is 45.6 Å². The molecule has 2 aromatic carbocycles. The van der Waals surface area contributed by atoms with Gasteiger partial charge in [-0.3, -0.25) is 19.2 Å². The number of aromatic amines is 1. The molecule has 4 amide bonds. The summed E-state index contributed by atoms with van der Waals surface area (Å²) in [7, 11) is 3.40. The zero-order valence-electron chi connectivity index (χ0n) is 34.8. The van der Waals surface area contributed by atoms with Crippen LogP contribution in [-0.4, -0.2) is 111 Å². The molecule has 2 aromatic heterocycles. The molecule has 2 saturated heterocycles. The Labute approximate surface area is 339 Å². The highest BCUT2D eigenvalue weighted by molar-refractivity contribution is 5.93. The predicted molar refractivity (Wildman–Crippen MR) is 221 cm³/mol. The first-order valence-electron chi connectivity index (χ1n) is 20.8. The quantitative estimate of drug-likeness (QED) is 0.111. The second kappa shape index (κ2) is 18.4. The van der Waals surface area contributed by atoms with Crippen LogP contribution in [-0.2, 0) is 32.1 Å². The number of benzene rings is 2. The summed E-state index contributed by atoms with van der Waals surface area (Å²) in [6.07, 6.45) is 4.65. The molecule has 0 saturated carbocycles. The summed E-state index contributed by atoms with van der Waals surface area (Å²) in [5.41, 5.74) is 3.14. The number of rotatable bonds is 16. The Morgan fingerprint density at radius 3 is 2.12 bits per heavy atom. The van der Waals surface area contributed by atoms with E-state index in [-0.39, 0.29) is 41.6 Å². The van der Waals surface area contributed by atoms with E-state index in [9.17, 15) is 28.0 Å². The summed E-state index contributed by atoms with van der Waals surface area (Å²) in [5, 5.41) is 12.6. The number of carbonyl (C=O) groups excluding carboxylic acids is 4. The van der Waals surface area contributed by atoms with Crippen LogP contribution in [0.5, 0.6) is 0 Å². The van der Waals surface area contributed by atoms with Gasteiger partial charge in [-0.25, -0.2) is 13.8 Å². The van der Waals surface area contributed by atoms with Crippen LogP contribution in [0.25, 0.3) is 33.5 Å². The molecule has 0 spiro atoms.